The maximum Gasteiger partial charge on any atom is 0.319 e. The number of nitrogens with zero attached hydrogens (tertiary/aromatic N) is 4. The third-order valence-electron chi connectivity index (χ3n) is 7.40. The molecule has 2 saturated heterocycles. The second-order valence-electron chi connectivity index (χ2n) is 9.14. The number of hydrogen-bond donors (Lipinski definition) is 0. The molecule has 0 amide bonds. The van der Waals surface area contributed by atoms with Crippen molar-refractivity contribution in [3.05, 3.63) is 21.4 Å². The Hall–Kier alpha value is -1.18. The minimum Gasteiger partial charge on any atom is -0.462 e. The van der Waals surface area contributed by atoms with Gasteiger partial charge in [0.1, 0.15) is 17.9 Å². The van der Waals surface area contributed by atoms with Crippen LogP contribution in [0.5, 0.6) is 6.01 Å². The highest BCUT2D eigenvalue weighted by Gasteiger charge is 2.40. The zero-order valence-electron chi connectivity index (χ0n) is 17.3. The number of benzene rings is 1. The minimum absolute atomic E-state index is 0.231. The first-order valence-electron chi connectivity index (χ1n) is 10.9. The van der Waals surface area contributed by atoms with Crippen molar-refractivity contribution in [3.8, 4) is 6.01 Å². The highest BCUT2D eigenvalue weighted by atomic mass is 79.9. The molecular weight excluding hydrogens is 471 g/mol. The predicted octanol–water partition coefficient (Wildman–Crippen LogP) is 5.43. The van der Waals surface area contributed by atoms with E-state index in [0.29, 0.717) is 28.5 Å². The molecule has 1 aliphatic carbocycles. The van der Waals surface area contributed by atoms with Crippen LogP contribution in [0.3, 0.4) is 0 Å². The normalized spacial score (nSPS) is 23.9. The van der Waals surface area contributed by atoms with Crippen molar-refractivity contribution >= 4 is 44.3 Å². The molecule has 0 radical (unpaired) electrons. The number of anilines is 1. The van der Waals surface area contributed by atoms with Gasteiger partial charge in [-0.15, -0.1) is 0 Å². The number of piperidine rings is 1. The Morgan fingerprint density at radius 1 is 1.20 bits per heavy atom. The number of likely N-dealkylation sites (tertiary alicyclic amines) is 1. The lowest BCUT2D eigenvalue weighted by molar-refractivity contribution is 0.0953. The first-order chi connectivity index (χ1) is 14.5. The topological polar surface area (TPSA) is 41.5 Å². The van der Waals surface area contributed by atoms with Crippen LogP contribution < -0.4 is 9.64 Å². The van der Waals surface area contributed by atoms with Gasteiger partial charge >= 0.3 is 6.01 Å². The van der Waals surface area contributed by atoms with Crippen molar-refractivity contribution in [2.24, 2.45) is 5.41 Å². The first-order valence-corrected chi connectivity index (χ1v) is 12.1. The van der Waals surface area contributed by atoms with Crippen LogP contribution in [0.15, 0.2) is 10.5 Å². The van der Waals surface area contributed by atoms with Gasteiger partial charge < -0.3 is 14.5 Å². The largest absolute Gasteiger partial charge is 0.462 e. The fraction of sp³-hybridized carbons (Fsp3) is 0.636. The van der Waals surface area contributed by atoms with Crippen LogP contribution in [0.2, 0.25) is 5.02 Å². The molecule has 1 aromatic carbocycles. The zero-order chi connectivity index (χ0) is 20.9. The molecule has 8 heteroatoms. The van der Waals surface area contributed by atoms with Crippen LogP contribution in [0.25, 0.3) is 10.9 Å². The molecule has 162 valence electrons. The SMILES string of the molecule is CN1CCCC1COc1nc(N2CCC3(CCC3)CC2)c2cc(Cl)c(Br)c(F)c2n1. The fourth-order valence-corrected chi connectivity index (χ4v) is 5.67. The van der Waals surface area contributed by atoms with E-state index in [-0.39, 0.29) is 16.0 Å². The van der Waals surface area contributed by atoms with Crippen LogP contribution in [-0.4, -0.2) is 54.2 Å². The van der Waals surface area contributed by atoms with Gasteiger partial charge in [0.25, 0.3) is 0 Å². The summed E-state index contributed by atoms with van der Waals surface area (Å²) >= 11 is 9.54. The molecule has 5 nitrogen and oxygen atoms in total. The number of likely N-dealkylation sites (N-methyl/N-ethyl adjacent to an activating group) is 1. The smallest absolute Gasteiger partial charge is 0.319 e. The number of ether oxygens (including phenoxy) is 1. The quantitative estimate of drug-likeness (QED) is 0.527. The Morgan fingerprint density at radius 3 is 2.60 bits per heavy atom. The maximum atomic E-state index is 15.1. The van der Waals surface area contributed by atoms with E-state index in [2.05, 4.69) is 37.8 Å². The predicted molar refractivity (Wildman–Crippen MR) is 121 cm³/mol. The molecule has 1 saturated carbocycles. The number of hydrogen-bond acceptors (Lipinski definition) is 5. The van der Waals surface area contributed by atoms with E-state index < -0.39 is 5.82 Å². The molecule has 1 atom stereocenters. The van der Waals surface area contributed by atoms with Crippen LogP contribution >= 0.6 is 27.5 Å². The lowest BCUT2D eigenvalue weighted by Gasteiger charge is -2.48. The number of halogens is 3. The molecule has 1 spiro atoms. The Kier molecular flexibility index (Phi) is 5.57. The van der Waals surface area contributed by atoms with Gasteiger partial charge in [0, 0.05) is 24.5 Å². The van der Waals surface area contributed by atoms with E-state index in [1.165, 1.54) is 25.7 Å². The average molecular weight is 498 g/mol. The Balaban J connectivity index is 1.48. The van der Waals surface area contributed by atoms with Gasteiger partial charge in [0.15, 0.2) is 5.82 Å². The standard InChI is InChI=1S/C22H27BrClFN4O/c1-28-9-2-4-14(28)13-30-21-26-19-15(12-16(24)17(23)18(19)25)20(27-21)29-10-7-22(8-11-29)5-3-6-22/h12,14H,2-11,13H2,1H3. The molecule has 1 unspecified atom stereocenters. The van der Waals surface area contributed by atoms with Crippen molar-refractivity contribution < 1.29 is 9.13 Å². The zero-order valence-corrected chi connectivity index (χ0v) is 19.6. The van der Waals surface area contributed by atoms with Crippen LogP contribution in [-0.2, 0) is 0 Å². The molecule has 2 aliphatic heterocycles. The Bertz CT molecular complexity index is 960. The minimum atomic E-state index is -0.462. The second-order valence-corrected chi connectivity index (χ2v) is 10.3. The number of rotatable bonds is 4. The molecular formula is C22H27BrClFN4O. The monoisotopic (exact) mass is 496 g/mol. The van der Waals surface area contributed by atoms with Gasteiger partial charge in [0.05, 0.1) is 9.50 Å². The highest BCUT2D eigenvalue weighted by molar-refractivity contribution is 9.10. The number of aromatic nitrogens is 2. The van der Waals surface area contributed by atoms with Gasteiger partial charge in [-0.05, 0) is 79.5 Å². The summed E-state index contributed by atoms with van der Waals surface area (Å²) in [5.41, 5.74) is 0.785. The number of fused-ring (bicyclic) bond motifs is 1. The van der Waals surface area contributed by atoms with E-state index >= 15 is 4.39 Å². The van der Waals surface area contributed by atoms with Gasteiger partial charge in [-0.1, -0.05) is 18.0 Å². The van der Waals surface area contributed by atoms with Crippen molar-refractivity contribution in [1.29, 1.82) is 0 Å². The summed E-state index contributed by atoms with van der Waals surface area (Å²) < 4.78 is 21.3. The lowest BCUT2D eigenvalue weighted by Crippen LogP contribution is -2.44. The maximum absolute atomic E-state index is 15.1. The molecule has 3 fully saturated rings. The Morgan fingerprint density at radius 2 is 1.97 bits per heavy atom. The summed E-state index contributed by atoms with van der Waals surface area (Å²) in [6.07, 6.45) is 8.61. The van der Waals surface area contributed by atoms with Crippen LogP contribution in [0.4, 0.5) is 10.2 Å². The van der Waals surface area contributed by atoms with Gasteiger partial charge in [-0.25, -0.2) is 4.39 Å². The highest BCUT2D eigenvalue weighted by Crippen LogP contribution is 2.49. The molecule has 3 heterocycles. The first kappa shape index (κ1) is 20.7. The molecule has 30 heavy (non-hydrogen) atoms. The van der Waals surface area contributed by atoms with E-state index in [1.807, 2.05) is 0 Å². The molecule has 5 rings (SSSR count). The third kappa shape index (κ3) is 3.67. The molecule has 2 aromatic rings. The summed E-state index contributed by atoms with van der Waals surface area (Å²) in [4.78, 5) is 13.7. The molecule has 0 bridgehead atoms. The van der Waals surface area contributed by atoms with Crippen LogP contribution in [0.1, 0.15) is 44.9 Å². The van der Waals surface area contributed by atoms with Gasteiger partial charge in [-0.2, -0.15) is 9.97 Å². The Labute approximate surface area is 190 Å². The van der Waals surface area contributed by atoms with E-state index in [0.717, 1.165) is 44.7 Å². The average Bonchev–Trinajstić information content (AvgIpc) is 3.14. The molecule has 0 N–H and O–H groups in total. The summed E-state index contributed by atoms with van der Waals surface area (Å²) in [5, 5.41) is 0.981. The summed E-state index contributed by atoms with van der Waals surface area (Å²) in [7, 11) is 2.11. The van der Waals surface area contributed by atoms with Crippen molar-refractivity contribution in [2.45, 2.75) is 51.0 Å². The molecule has 1 aromatic heterocycles. The van der Waals surface area contributed by atoms with E-state index in [4.69, 9.17) is 21.3 Å². The summed E-state index contributed by atoms with van der Waals surface area (Å²) in [5.74, 6) is 0.272. The van der Waals surface area contributed by atoms with Gasteiger partial charge in [-0.3, -0.25) is 0 Å². The van der Waals surface area contributed by atoms with E-state index in [9.17, 15) is 0 Å². The fourth-order valence-electron chi connectivity index (χ4n) is 5.17. The van der Waals surface area contributed by atoms with Crippen molar-refractivity contribution in [3.63, 3.8) is 0 Å². The van der Waals surface area contributed by atoms with Crippen molar-refractivity contribution in [1.82, 2.24) is 14.9 Å². The van der Waals surface area contributed by atoms with Crippen LogP contribution in [0, 0.1) is 11.2 Å². The van der Waals surface area contributed by atoms with Gasteiger partial charge in [0.2, 0.25) is 0 Å². The third-order valence-corrected chi connectivity index (χ3v) is 8.70. The summed E-state index contributed by atoms with van der Waals surface area (Å²) in [6.45, 7) is 3.44. The lowest BCUT2D eigenvalue weighted by atomic mass is 9.63. The van der Waals surface area contributed by atoms with Crippen molar-refractivity contribution in [2.75, 3.05) is 38.2 Å². The summed E-state index contributed by atoms with van der Waals surface area (Å²) in [6, 6.07) is 2.36. The van der Waals surface area contributed by atoms with E-state index in [1.54, 1.807) is 6.07 Å². The second kappa shape index (κ2) is 8.06. The molecule has 3 aliphatic rings.